The Morgan fingerprint density at radius 1 is 1.31 bits per heavy atom. The molecule has 1 nitrogen and oxygen atoms in total. The smallest absolute Gasteiger partial charge is 0.00699 e. The third kappa shape index (κ3) is 1.90. The van der Waals surface area contributed by atoms with Crippen LogP contribution in [0.15, 0.2) is 0 Å². The van der Waals surface area contributed by atoms with Gasteiger partial charge in [-0.3, -0.25) is 0 Å². The molecule has 2 N–H and O–H groups in total. The average molecular weight is 181 g/mol. The Morgan fingerprint density at radius 3 is 2.69 bits per heavy atom. The summed E-state index contributed by atoms with van der Waals surface area (Å²) in [6, 6.07) is 0.523. The highest BCUT2D eigenvalue weighted by Gasteiger charge is 2.41. The maximum absolute atomic E-state index is 6.25. The molecule has 0 radical (unpaired) electrons. The topological polar surface area (TPSA) is 26.0 Å². The first-order chi connectivity index (χ1) is 6.31. The third-order valence-corrected chi connectivity index (χ3v) is 4.23. The maximum atomic E-state index is 6.25. The zero-order valence-electron chi connectivity index (χ0n) is 8.84. The number of hydrogen-bond donors (Lipinski definition) is 1. The number of unbranched alkanes of at least 4 members (excludes halogenated alkanes) is 1. The molecule has 0 amide bonds. The Hall–Kier alpha value is -0.0400. The predicted molar refractivity (Wildman–Crippen MR) is 56.4 cm³/mol. The van der Waals surface area contributed by atoms with Crippen LogP contribution in [0.4, 0.5) is 0 Å². The fourth-order valence-corrected chi connectivity index (χ4v) is 3.47. The van der Waals surface area contributed by atoms with Crippen molar-refractivity contribution in [3.8, 4) is 0 Å². The maximum Gasteiger partial charge on any atom is 0.00699 e. The van der Waals surface area contributed by atoms with Gasteiger partial charge in [-0.15, -0.1) is 0 Å². The van der Waals surface area contributed by atoms with Crippen LogP contribution >= 0.6 is 0 Å². The lowest BCUT2D eigenvalue weighted by Crippen LogP contribution is -2.33. The lowest BCUT2D eigenvalue weighted by atomic mass is 9.82. The standard InChI is InChI=1S/C12H23N/c1-2-3-4-12(13)11-8-9-5-6-10(11)7-9/h9-12H,2-8,13H2,1H3. The molecule has 0 aromatic rings. The molecule has 2 aliphatic carbocycles. The highest BCUT2D eigenvalue weighted by molar-refractivity contribution is 4.94. The van der Waals surface area contributed by atoms with E-state index in [1.807, 2.05) is 0 Å². The third-order valence-electron chi connectivity index (χ3n) is 4.23. The van der Waals surface area contributed by atoms with Crippen molar-refractivity contribution in [2.24, 2.45) is 23.5 Å². The highest BCUT2D eigenvalue weighted by Crippen LogP contribution is 2.49. The SMILES string of the molecule is CCCCC(N)C1CC2CCC1C2. The van der Waals surface area contributed by atoms with Crippen LogP contribution in [0.25, 0.3) is 0 Å². The molecule has 2 rings (SSSR count). The summed E-state index contributed by atoms with van der Waals surface area (Å²) in [5.41, 5.74) is 6.25. The van der Waals surface area contributed by atoms with E-state index in [2.05, 4.69) is 6.92 Å². The lowest BCUT2D eigenvalue weighted by molar-refractivity contribution is 0.269. The first kappa shape index (κ1) is 9.51. The first-order valence-electron chi connectivity index (χ1n) is 6.06. The second kappa shape index (κ2) is 4.00. The number of nitrogens with two attached hydrogens (primary N) is 1. The molecule has 0 aliphatic heterocycles. The largest absolute Gasteiger partial charge is 0.327 e. The van der Waals surface area contributed by atoms with Crippen LogP contribution in [0.3, 0.4) is 0 Å². The zero-order chi connectivity index (χ0) is 9.26. The molecule has 0 spiro atoms. The van der Waals surface area contributed by atoms with Gasteiger partial charge in [-0.1, -0.05) is 26.2 Å². The number of hydrogen-bond acceptors (Lipinski definition) is 1. The van der Waals surface area contributed by atoms with Crippen LogP contribution < -0.4 is 5.73 Å². The van der Waals surface area contributed by atoms with Crippen molar-refractivity contribution < 1.29 is 0 Å². The Bertz CT molecular complexity index is 167. The van der Waals surface area contributed by atoms with Crippen molar-refractivity contribution in [2.75, 3.05) is 0 Å². The van der Waals surface area contributed by atoms with Gasteiger partial charge < -0.3 is 5.73 Å². The summed E-state index contributed by atoms with van der Waals surface area (Å²) in [5.74, 6) is 2.96. The summed E-state index contributed by atoms with van der Waals surface area (Å²) < 4.78 is 0. The predicted octanol–water partition coefficient (Wildman–Crippen LogP) is 2.94. The lowest BCUT2D eigenvalue weighted by Gasteiger charge is -2.27. The fraction of sp³-hybridized carbons (Fsp3) is 1.00. The number of fused-ring (bicyclic) bond motifs is 2. The number of rotatable bonds is 4. The molecule has 2 saturated carbocycles. The molecule has 2 fully saturated rings. The van der Waals surface area contributed by atoms with Crippen LogP contribution in [0.2, 0.25) is 0 Å². The quantitative estimate of drug-likeness (QED) is 0.709. The Labute approximate surface area is 82.1 Å². The minimum atomic E-state index is 0.523. The molecule has 76 valence electrons. The molecule has 2 aliphatic rings. The second-order valence-electron chi connectivity index (χ2n) is 5.14. The van der Waals surface area contributed by atoms with E-state index in [0.717, 1.165) is 17.8 Å². The summed E-state index contributed by atoms with van der Waals surface area (Å²) in [4.78, 5) is 0. The molecule has 2 bridgehead atoms. The first-order valence-corrected chi connectivity index (χ1v) is 6.06. The van der Waals surface area contributed by atoms with Gasteiger partial charge in [0.25, 0.3) is 0 Å². The van der Waals surface area contributed by atoms with Crippen molar-refractivity contribution in [2.45, 2.75) is 57.9 Å². The minimum absolute atomic E-state index is 0.523. The summed E-state index contributed by atoms with van der Waals surface area (Å²) in [7, 11) is 0. The molecule has 0 aromatic heterocycles. The van der Waals surface area contributed by atoms with Gasteiger partial charge in [-0.05, 0) is 43.4 Å². The normalized spacial score (nSPS) is 39.7. The summed E-state index contributed by atoms with van der Waals surface area (Å²) in [5, 5.41) is 0. The summed E-state index contributed by atoms with van der Waals surface area (Å²) in [6.07, 6.45) is 9.84. The van der Waals surface area contributed by atoms with Crippen molar-refractivity contribution in [1.29, 1.82) is 0 Å². The van der Waals surface area contributed by atoms with E-state index < -0.39 is 0 Å². The van der Waals surface area contributed by atoms with Crippen LogP contribution in [-0.4, -0.2) is 6.04 Å². The van der Waals surface area contributed by atoms with E-state index in [0.29, 0.717) is 6.04 Å². The molecule has 13 heavy (non-hydrogen) atoms. The van der Waals surface area contributed by atoms with E-state index in [-0.39, 0.29) is 0 Å². The highest BCUT2D eigenvalue weighted by atomic mass is 14.7. The van der Waals surface area contributed by atoms with E-state index in [1.54, 1.807) is 0 Å². The van der Waals surface area contributed by atoms with Gasteiger partial charge in [0.15, 0.2) is 0 Å². The van der Waals surface area contributed by atoms with E-state index >= 15 is 0 Å². The molecular weight excluding hydrogens is 158 g/mol. The molecule has 0 heterocycles. The second-order valence-corrected chi connectivity index (χ2v) is 5.14. The molecule has 4 atom stereocenters. The van der Waals surface area contributed by atoms with Crippen LogP contribution in [0, 0.1) is 17.8 Å². The van der Waals surface area contributed by atoms with Crippen LogP contribution in [0.1, 0.15) is 51.9 Å². The molecule has 0 aromatic carbocycles. The van der Waals surface area contributed by atoms with E-state index in [1.165, 1.54) is 44.9 Å². The van der Waals surface area contributed by atoms with Gasteiger partial charge >= 0.3 is 0 Å². The summed E-state index contributed by atoms with van der Waals surface area (Å²) in [6.45, 7) is 2.26. The average Bonchev–Trinajstić information content (AvgIpc) is 2.74. The van der Waals surface area contributed by atoms with Crippen molar-refractivity contribution >= 4 is 0 Å². The van der Waals surface area contributed by atoms with Crippen LogP contribution in [-0.2, 0) is 0 Å². The van der Waals surface area contributed by atoms with Gasteiger partial charge in [-0.2, -0.15) is 0 Å². The van der Waals surface area contributed by atoms with E-state index in [9.17, 15) is 0 Å². The fourth-order valence-electron chi connectivity index (χ4n) is 3.47. The zero-order valence-corrected chi connectivity index (χ0v) is 8.84. The summed E-state index contributed by atoms with van der Waals surface area (Å²) >= 11 is 0. The molecule has 0 saturated heterocycles. The van der Waals surface area contributed by atoms with E-state index in [4.69, 9.17) is 5.73 Å². The Balaban J connectivity index is 1.80. The van der Waals surface area contributed by atoms with Gasteiger partial charge in [0, 0.05) is 6.04 Å². The molecule has 1 heteroatoms. The minimum Gasteiger partial charge on any atom is -0.327 e. The Kier molecular flexibility index (Phi) is 2.92. The van der Waals surface area contributed by atoms with Crippen molar-refractivity contribution in [3.05, 3.63) is 0 Å². The Morgan fingerprint density at radius 2 is 2.15 bits per heavy atom. The van der Waals surface area contributed by atoms with Crippen molar-refractivity contribution in [1.82, 2.24) is 0 Å². The molecular formula is C12H23N. The van der Waals surface area contributed by atoms with Crippen molar-refractivity contribution in [3.63, 3.8) is 0 Å². The van der Waals surface area contributed by atoms with Gasteiger partial charge in [-0.25, -0.2) is 0 Å². The monoisotopic (exact) mass is 181 g/mol. The van der Waals surface area contributed by atoms with Crippen LogP contribution in [0.5, 0.6) is 0 Å². The molecule has 4 unspecified atom stereocenters. The van der Waals surface area contributed by atoms with Gasteiger partial charge in [0.1, 0.15) is 0 Å². The van der Waals surface area contributed by atoms with Gasteiger partial charge in [0.05, 0.1) is 0 Å². The van der Waals surface area contributed by atoms with Gasteiger partial charge in [0.2, 0.25) is 0 Å².